The van der Waals surface area contributed by atoms with E-state index in [1.54, 1.807) is 11.3 Å². The lowest BCUT2D eigenvalue weighted by Crippen LogP contribution is -2.11. The Morgan fingerprint density at radius 3 is 3.00 bits per heavy atom. The van der Waals surface area contributed by atoms with Gasteiger partial charge in [0.15, 0.2) is 0 Å². The number of thiophene rings is 1. The van der Waals surface area contributed by atoms with Crippen LogP contribution in [-0.4, -0.2) is 6.54 Å². The van der Waals surface area contributed by atoms with Crippen molar-refractivity contribution in [3.63, 3.8) is 0 Å². The van der Waals surface area contributed by atoms with Crippen LogP contribution in [0.3, 0.4) is 0 Å². The molecule has 1 rings (SSSR count). The van der Waals surface area contributed by atoms with Crippen molar-refractivity contribution in [2.24, 2.45) is 0 Å². The largest absolute Gasteiger partial charge is 0.308 e. The van der Waals surface area contributed by atoms with Gasteiger partial charge >= 0.3 is 0 Å². The van der Waals surface area contributed by atoms with E-state index in [0.29, 0.717) is 0 Å². The Labute approximate surface area is 79.3 Å². The minimum atomic E-state index is 0.871. The third-order valence-corrected chi connectivity index (χ3v) is 2.84. The predicted octanol–water partition coefficient (Wildman–Crippen LogP) is 2.79. The van der Waals surface area contributed by atoms with E-state index in [9.17, 15) is 0 Å². The van der Waals surface area contributed by atoms with E-state index in [-0.39, 0.29) is 0 Å². The fourth-order valence-corrected chi connectivity index (χ4v) is 2.20. The molecule has 0 unspecified atom stereocenters. The molecule has 0 aliphatic carbocycles. The van der Waals surface area contributed by atoms with Gasteiger partial charge in [-0.15, -0.1) is 17.9 Å². The van der Waals surface area contributed by atoms with Crippen molar-refractivity contribution in [2.75, 3.05) is 6.54 Å². The first-order valence-electron chi connectivity index (χ1n) is 3.39. The van der Waals surface area contributed by atoms with Crippen LogP contribution in [-0.2, 0) is 6.54 Å². The Bertz CT molecular complexity index is 232. The highest BCUT2D eigenvalue weighted by Crippen LogP contribution is 2.21. The third-order valence-electron chi connectivity index (χ3n) is 1.22. The summed E-state index contributed by atoms with van der Waals surface area (Å²) in [6, 6.07) is 4.18. The molecule has 0 atom stereocenters. The maximum absolute atomic E-state index is 3.63. The van der Waals surface area contributed by atoms with Crippen LogP contribution in [0.25, 0.3) is 0 Å². The van der Waals surface area contributed by atoms with E-state index in [1.165, 1.54) is 8.66 Å². The van der Waals surface area contributed by atoms with Crippen molar-refractivity contribution in [1.82, 2.24) is 5.32 Å². The van der Waals surface area contributed by atoms with Crippen LogP contribution >= 0.6 is 27.3 Å². The molecule has 11 heavy (non-hydrogen) atoms. The van der Waals surface area contributed by atoms with Crippen LogP contribution in [0, 0.1) is 0 Å². The molecule has 1 aromatic heterocycles. The normalized spacial score (nSPS) is 9.91. The summed E-state index contributed by atoms with van der Waals surface area (Å²) >= 11 is 5.17. The second kappa shape index (κ2) is 4.70. The zero-order valence-electron chi connectivity index (χ0n) is 6.14. The summed E-state index contributed by atoms with van der Waals surface area (Å²) in [5.74, 6) is 0. The van der Waals surface area contributed by atoms with Crippen molar-refractivity contribution < 1.29 is 0 Å². The highest BCUT2D eigenvalue weighted by Gasteiger charge is 1.94. The van der Waals surface area contributed by atoms with Gasteiger partial charge in [0.25, 0.3) is 0 Å². The number of hydrogen-bond donors (Lipinski definition) is 1. The van der Waals surface area contributed by atoms with Gasteiger partial charge < -0.3 is 5.32 Å². The third kappa shape index (κ3) is 3.18. The van der Waals surface area contributed by atoms with E-state index in [4.69, 9.17) is 0 Å². The Morgan fingerprint density at radius 1 is 1.64 bits per heavy atom. The SMILES string of the molecule is C=CCNCc1ccc(Br)s1. The van der Waals surface area contributed by atoms with Gasteiger partial charge in [0.05, 0.1) is 3.79 Å². The summed E-state index contributed by atoms with van der Waals surface area (Å²) in [5.41, 5.74) is 0. The summed E-state index contributed by atoms with van der Waals surface area (Å²) in [7, 11) is 0. The highest BCUT2D eigenvalue weighted by atomic mass is 79.9. The molecule has 1 aromatic rings. The van der Waals surface area contributed by atoms with Crippen molar-refractivity contribution in [2.45, 2.75) is 6.54 Å². The van der Waals surface area contributed by atoms with Gasteiger partial charge in [-0.2, -0.15) is 0 Å². The first-order chi connectivity index (χ1) is 5.33. The molecular formula is C8H10BrNS. The first kappa shape index (κ1) is 8.97. The lowest BCUT2D eigenvalue weighted by atomic mass is 10.4. The number of rotatable bonds is 4. The maximum Gasteiger partial charge on any atom is 0.0701 e. The van der Waals surface area contributed by atoms with E-state index in [0.717, 1.165) is 13.1 Å². The van der Waals surface area contributed by atoms with Gasteiger partial charge in [-0.25, -0.2) is 0 Å². The molecule has 0 fully saturated rings. The smallest absolute Gasteiger partial charge is 0.0701 e. The van der Waals surface area contributed by atoms with Crippen LogP contribution in [0.1, 0.15) is 4.88 Å². The topological polar surface area (TPSA) is 12.0 Å². The second-order valence-corrected chi connectivity index (χ2v) is 4.67. The fraction of sp³-hybridized carbons (Fsp3) is 0.250. The summed E-state index contributed by atoms with van der Waals surface area (Å²) < 4.78 is 1.19. The monoisotopic (exact) mass is 231 g/mol. The number of hydrogen-bond acceptors (Lipinski definition) is 2. The molecule has 0 spiro atoms. The van der Waals surface area contributed by atoms with Gasteiger partial charge in [-0.3, -0.25) is 0 Å². The molecule has 1 N–H and O–H groups in total. The molecule has 0 bridgehead atoms. The molecule has 0 aliphatic heterocycles. The molecule has 1 heterocycles. The Morgan fingerprint density at radius 2 is 2.45 bits per heavy atom. The van der Waals surface area contributed by atoms with E-state index in [1.807, 2.05) is 6.08 Å². The van der Waals surface area contributed by atoms with Crippen LogP contribution in [0.15, 0.2) is 28.6 Å². The molecule has 0 saturated heterocycles. The average molecular weight is 232 g/mol. The molecule has 1 nitrogen and oxygen atoms in total. The molecule has 0 aliphatic rings. The summed E-state index contributed by atoms with van der Waals surface area (Å²) in [5, 5.41) is 3.24. The van der Waals surface area contributed by atoms with Crippen LogP contribution in [0.5, 0.6) is 0 Å². The highest BCUT2D eigenvalue weighted by molar-refractivity contribution is 9.11. The van der Waals surface area contributed by atoms with Gasteiger partial charge in [0.2, 0.25) is 0 Å². The Hall–Kier alpha value is -0.120. The number of halogens is 1. The second-order valence-electron chi connectivity index (χ2n) is 2.13. The standard InChI is InChI=1S/C8H10BrNS/c1-2-5-10-6-7-3-4-8(9)11-7/h2-4,10H,1,5-6H2. The van der Waals surface area contributed by atoms with Gasteiger partial charge in [0, 0.05) is 18.0 Å². The van der Waals surface area contributed by atoms with Crippen molar-refractivity contribution in [1.29, 1.82) is 0 Å². The van der Waals surface area contributed by atoms with E-state index >= 15 is 0 Å². The number of nitrogens with one attached hydrogen (secondary N) is 1. The van der Waals surface area contributed by atoms with Crippen molar-refractivity contribution >= 4 is 27.3 Å². The fourth-order valence-electron chi connectivity index (χ4n) is 0.744. The lowest BCUT2D eigenvalue weighted by Gasteiger charge is -1.95. The zero-order chi connectivity index (χ0) is 8.10. The van der Waals surface area contributed by atoms with Gasteiger partial charge in [-0.05, 0) is 28.1 Å². The molecular weight excluding hydrogens is 222 g/mol. The quantitative estimate of drug-likeness (QED) is 0.621. The zero-order valence-corrected chi connectivity index (χ0v) is 8.54. The molecule has 0 radical (unpaired) electrons. The molecule has 0 amide bonds. The van der Waals surface area contributed by atoms with Gasteiger partial charge in [0.1, 0.15) is 0 Å². The van der Waals surface area contributed by atoms with E-state index < -0.39 is 0 Å². The van der Waals surface area contributed by atoms with Gasteiger partial charge in [-0.1, -0.05) is 6.08 Å². The Balaban J connectivity index is 2.32. The van der Waals surface area contributed by atoms with Crippen molar-refractivity contribution in [3.8, 4) is 0 Å². The van der Waals surface area contributed by atoms with Crippen LogP contribution in [0.2, 0.25) is 0 Å². The minimum absolute atomic E-state index is 0.871. The average Bonchev–Trinajstić information content (AvgIpc) is 2.37. The molecule has 0 saturated carbocycles. The lowest BCUT2D eigenvalue weighted by molar-refractivity contribution is 0.771. The first-order valence-corrected chi connectivity index (χ1v) is 4.99. The summed E-state index contributed by atoms with van der Waals surface area (Å²) in [6.45, 7) is 5.43. The summed E-state index contributed by atoms with van der Waals surface area (Å²) in [6.07, 6.45) is 1.86. The van der Waals surface area contributed by atoms with Crippen LogP contribution < -0.4 is 5.32 Å². The summed E-state index contributed by atoms with van der Waals surface area (Å²) in [4.78, 5) is 1.35. The predicted molar refractivity (Wildman–Crippen MR) is 53.9 cm³/mol. The molecule has 3 heteroatoms. The maximum atomic E-state index is 3.63. The molecule has 60 valence electrons. The van der Waals surface area contributed by atoms with Crippen molar-refractivity contribution in [3.05, 3.63) is 33.5 Å². The van der Waals surface area contributed by atoms with E-state index in [2.05, 4.69) is 40.0 Å². The molecule has 0 aromatic carbocycles. The van der Waals surface area contributed by atoms with Crippen LogP contribution in [0.4, 0.5) is 0 Å². The Kier molecular flexibility index (Phi) is 3.83. The minimum Gasteiger partial charge on any atom is -0.308 e.